The summed E-state index contributed by atoms with van der Waals surface area (Å²) in [5.41, 5.74) is 0. The Morgan fingerprint density at radius 3 is 2.56 bits per heavy atom. The molecule has 0 aliphatic rings. The van der Waals surface area contributed by atoms with Crippen LogP contribution in [-0.4, -0.2) is 27.1 Å². The van der Waals surface area contributed by atoms with Gasteiger partial charge in [0.15, 0.2) is 0 Å². The Morgan fingerprint density at radius 1 is 1.67 bits per heavy atom. The van der Waals surface area contributed by atoms with Gasteiger partial charge >= 0.3 is 0 Å². The molecule has 0 amide bonds. The van der Waals surface area contributed by atoms with Crippen molar-refractivity contribution >= 4 is 28.8 Å². The minimum Gasteiger partial charge on any atom is -0.346 e. The topological polar surface area (TPSA) is 34.0 Å². The molecule has 0 aliphatic heterocycles. The van der Waals surface area contributed by atoms with Crippen molar-refractivity contribution in [1.29, 1.82) is 0 Å². The average Bonchev–Trinajstić information content (AvgIpc) is 2.13. The van der Waals surface area contributed by atoms with Crippen molar-refractivity contribution in [1.82, 2.24) is 13.0 Å². The van der Waals surface area contributed by atoms with E-state index in [2.05, 4.69) is 33.1 Å². The number of halogens is 1. The van der Waals surface area contributed by atoms with E-state index >= 15 is 0 Å². The lowest BCUT2D eigenvalue weighted by Gasteiger charge is -2.07. The highest BCUT2D eigenvalue weighted by Crippen LogP contribution is 2.07. The van der Waals surface area contributed by atoms with Gasteiger partial charge in [-0.3, -0.25) is 0 Å². The summed E-state index contributed by atoms with van der Waals surface area (Å²) in [5, 5.41) is 7.55. The summed E-state index contributed by atoms with van der Waals surface area (Å²) in [6.07, 6.45) is 1.66. The summed E-state index contributed by atoms with van der Waals surface area (Å²) in [6.45, 7) is 0. The van der Waals surface area contributed by atoms with E-state index < -0.39 is 0 Å². The third kappa shape index (κ3) is 1.32. The van der Waals surface area contributed by atoms with Crippen molar-refractivity contribution in [3.8, 4) is 0 Å². The molecule has 1 heterocycles. The van der Waals surface area contributed by atoms with Crippen LogP contribution in [0, 0.1) is 0 Å². The fourth-order valence-corrected chi connectivity index (χ4v) is 1.14. The molecule has 0 N–H and O–H groups in total. The van der Waals surface area contributed by atoms with Crippen LogP contribution in [0.1, 0.15) is 0 Å². The van der Waals surface area contributed by atoms with Gasteiger partial charge in [0.05, 0.1) is 22.9 Å². The Balaban J connectivity index is 2.94. The Kier molecular flexibility index (Phi) is 1.89. The van der Waals surface area contributed by atoms with Crippen molar-refractivity contribution < 1.29 is 0 Å². The zero-order chi connectivity index (χ0) is 6.85. The predicted octanol–water partition coefficient (Wildman–Crippen LogP) is 0.542. The van der Waals surface area contributed by atoms with Gasteiger partial charge in [0.2, 0.25) is 5.95 Å². The van der Waals surface area contributed by atoms with Gasteiger partial charge in [-0.25, -0.2) is 2.78 Å². The number of nitrogens with zero attached hydrogens (tertiary/aromatic N) is 4. The second-order valence-corrected chi connectivity index (χ2v) is 2.88. The van der Waals surface area contributed by atoms with Crippen LogP contribution in [0.15, 0.2) is 6.33 Å². The van der Waals surface area contributed by atoms with E-state index in [1.165, 1.54) is 0 Å². The van der Waals surface area contributed by atoms with Crippen LogP contribution in [0.5, 0.6) is 0 Å². The van der Waals surface area contributed by atoms with Gasteiger partial charge in [0.25, 0.3) is 0 Å². The molecule has 0 spiro atoms. The van der Waals surface area contributed by atoms with Crippen LogP contribution in [0.25, 0.3) is 0 Å². The largest absolute Gasteiger partial charge is 0.346 e. The number of aromatic nitrogens is 3. The van der Waals surface area contributed by atoms with Gasteiger partial charge in [-0.05, 0) is 0 Å². The Morgan fingerprint density at radius 2 is 2.33 bits per heavy atom. The first kappa shape index (κ1) is 6.79. The molecule has 9 heavy (non-hydrogen) atoms. The van der Waals surface area contributed by atoms with Crippen molar-refractivity contribution in [2.24, 2.45) is 0 Å². The normalized spacial score (nSPS) is 9.67. The molecule has 4 nitrogen and oxygen atoms in total. The molecule has 50 valence electrons. The molecule has 0 aromatic carbocycles. The van der Waals surface area contributed by atoms with E-state index in [-0.39, 0.29) is 0 Å². The van der Waals surface area contributed by atoms with E-state index in [0.29, 0.717) is 0 Å². The zero-order valence-electron chi connectivity index (χ0n) is 5.24. The molecule has 1 rings (SSSR count). The molecule has 1 aromatic rings. The second kappa shape index (κ2) is 2.51. The molecule has 0 aliphatic carbocycles. The SMILES string of the molecule is CN(C)c1nncn1I. The number of rotatable bonds is 1. The van der Waals surface area contributed by atoms with E-state index in [4.69, 9.17) is 0 Å². The summed E-state index contributed by atoms with van der Waals surface area (Å²) >= 11 is 2.12. The predicted molar refractivity (Wildman–Crippen MR) is 43.8 cm³/mol. The maximum absolute atomic E-state index is 3.85. The smallest absolute Gasteiger partial charge is 0.235 e. The molecule has 0 radical (unpaired) electrons. The van der Waals surface area contributed by atoms with Gasteiger partial charge in [-0.1, -0.05) is 0 Å². The average molecular weight is 238 g/mol. The molecule has 5 heteroatoms. The summed E-state index contributed by atoms with van der Waals surface area (Å²) < 4.78 is 1.83. The zero-order valence-corrected chi connectivity index (χ0v) is 7.40. The third-order valence-electron chi connectivity index (χ3n) is 0.891. The molecule has 0 atom stereocenters. The quantitative estimate of drug-likeness (QED) is 0.669. The van der Waals surface area contributed by atoms with Gasteiger partial charge < -0.3 is 4.90 Å². The van der Waals surface area contributed by atoms with Gasteiger partial charge in [0, 0.05) is 14.1 Å². The summed E-state index contributed by atoms with van der Waals surface area (Å²) in [6, 6.07) is 0. The minimum absolute atomic E-state index is 0.857. The van der Waals surface area contributed by atoms with Crippen molar-refractivity contribution in [2.75, 3.05) is 19.0 Å². The van der Waals surface area contributed by atoms with Crippen LogP contribution >= 0.6 is 22.9 Å². The lowest BCUT2D eigenvalue weighted by Crippen LogP contribution is -2.11. The van der Waals surface area contributed by atoms with Crippen molar-refractivity contribution in [2.45, 2.75) is 0 Å². The van der Waals surface area contributed by atoms with Crippen LogP contribution in [0.2, 0.25) is 0 Å². The summed E-state index contributed by atoms with van der Waals surface area (Å²) in [4.78, 5) is 1.90. The maximum atomic E-state index is 3.85. The fraction of sp³-hybridized carbons (Fsp3) is 0.500. The molecule has 0 bridgehead atoms. The number of hydrogen-bond donors (Lipinski definition) is 0. The highest BCUT2D eigenvalue weighted by atomic mass is 127. The third-order valence-corrected chi connectivity index (χ3v) is 1.57. The van der Waals surface area contributed by atoms with Crippen molar-refractivity contribution in [3.05, 3.63) is 6.33 Å². The molecule has 0 fully saturated rings. The first-order valence-electron chi connectivity index (χ1n) is 2.45. The standard InChI is InChI=1S/C4H7IN4/c1-8(2)4-7-6-3-9(4)5/h3H,1-2H3. The van der Waals surface area contributed by atoms with Crippen LogP contribution < -0.4 is 4.90 Å². The van der Waals surface area contributed by atoms with E-state index in [1.807, 2.05) is 21.8 Å². The van der Waals surface area contributed by atoms with Gasteiger partial charge in [-0.2, -0.15) is 0 Å². The lowest BCUT2D eigenvalue weighted by atomic mass is 10.8. The van der Waals surface area contributed by atoms with Crippen LogP contribution in [0.4, 0.5) is 5.95 Å². The molecule has 0 saturated heterocycles. The fourth-order valence-electron chi connectivity index (χ4n) is 0.498. The lowest BCUT2D eigenvalue weighted by molar-refractivity contribution is 0.995. The molecular formula is C4H7IN4. The van der Waals surface area contributed by atoms with E-state index in [9.17, 15) is 0 Å². The monoisotopic (exact) mass is 238 g/mol. The molecular weight excluding hydrogens is 231 g/mol. The van der Waals surface area contributed by atoms with E-state index in [1.54, 1.807) is 6.33 Å². The van der Waals surface area contributed by atoms with Crippen molar-refractivity contribution in [3.63, 3.8) is 0 Å². The minimum atomic E-state index is 0.857. The first-order chi connectivity index (χ1) is 4.22. The van der Waals surface area contributed by atoms with E-state index in [0.717, 1.165) is 5.95 Å². The number of anilines is 1. The molecule has 0 saturated carbocycles. The summed E-state index contributed by atoms with van der Waals surface area (Å²) in [7, 11) is 3.86. The summed E-state index contributed by atoms with van der Waals surface area (Å²) in [5.74, 6) is 0.857. The maximum Gasteiger partial charge on any atom is 0.235 e. The number of hydrogen-bond acceptors (Lipinski definition) is 3. The Bertz CT molecular complexity index is 194. The van der Waals surface area contributed by atoms with Gasteiger partial charge in [0.1, 0.15) is 6.33 Å². The molecule has 0 unspecified atom stereocenters. The highest BCUT2D eigenvalue weighted by Gasteiger charge is 2.00. The second-order valence-electron chi connectivity index (χ2n) is 1.84. The Hall–Kier alpha value is -0.330. The first-order valence-corrected chi connectivity index (χ1v) is 3.42. The van der Waals surface area contributed by atoms with Crippen LogP contribution in [0.3, 0.4) is 0 Å². The Labute approximate surface area is 67.4 Å². The molecule has 1 aromatic heterocycles. The van der Waals surface area contributed by atoms with Gasteiger partial charge in [-0.15, -0.1) is 10.2 Å². The van der Waals surface area contributed by atoms with Crippen LogP contribution in [-0.2, 0) is 0 Å². The highest BCUT2D eigenvalue weighted by molar-refractivity contribution is 14.1.